The molecule has 0 aliphatic carbocycles. The number of nitrogens with two attached hydrogens (primary N) is 1. The zero-order valence-corrected chi connectivity index (χ0v) is 20.6. The van der Waals surface area contributed by atoms with Crippen LogP contribution in [-0.2, 0) is 19.6 Å². The second-order valence-corrected chi connectivity index (χ2v) is 11.4. The number of carbonyl (C=O) groups is 3. The van der Waals surface area contributed by atoms with Gasteiger partial charge in [0.2, 0.25) is 21.0 Å². The quantitative estimate of drug-likeness (QED) is 0.559. The van der Waals surface area contributed by atoms with Gasteiger partial charge in [0.25, 0.3) is 0 Å². The summed E-state index contributed by atoms with van der Waals surface area (Å²) < 4.78 is 23.3. The molecule has 0 spiro atoms. The highest BCUT2D eigenvalue weighted by Crippen LogP contribution is 2.42. The van der Waals surface area contributed by atoms with Crippen LogP contribution in [0.25, 0.3) is 0 Å². The Bertz CT molecular complexity index is 1180. The largest absolute Gasteiger partial charge is 0.480 e. The molecule has 3 atom stereocenters. The van der Waals surface area contributed by atoms with Crippen molar-refractivity contribution in [2.24, 2.45) is 11.1 Å². The van der Waals surface area contributed by atoms with E-state index in [9.17, 15) is 27.9 Å². The Kier molecular flexibility index (Phi) is 8.12. The van der Waals surface area contributed by atoms with Gasteiger partial charge in [-0.2, -0.15) is 0 Å². The number of nitrogens with zero attached hydrogens (tertiary/aromatic N) is 1. The maximum Gasteiger partial charge on any atom is 0.327 e. The SMILES string of the molecule is CC(CSC(=O)c1ccc(Cl)c(S(N)(=O)=O)c1)C(=O)N1C(C(=O)O)CSC1c1ccccc1. The van der Waals surface area contributed by atoms with Gasteiger partial charge < -0.3 is 10.0 Å². The van der Waals surface area contributed by atoms with E-state index in [1.54, 1.807) is 6.92 Å². The molecule has 176 valence electrons. The highest BCUT2D eigenvalue weighted by atomic mass is 35.5. The normalized spacial score (nSPS) is 19.3. The van der Waals surface area contributed by atoms with Crippen LogP contribution in [0.5, 0.6) is 0 Å². The molecular weight excluding hydrogens is 508 g/mol. The third kappa shape index (κ3) is 5.90. The maximum atomic E-state index is 13.2. The molecule has 0 aromatic heterocycles. The Hall–Kier alpha value is -2.05. The van der Waals surface area contributed by atoms with Crippen molar-refractivity contribution in [2.75, 3.05) is 11.5 Å². The molecule has 0 saturated carbocycles. The van der Waals surface area contributed by atoms with Crippen molar-refractivity contribution in [3.63, 3.8) is 0 Å². The minimum Gasteiger partial charge on any atom is -0.480 e. The number of carbonyl (C=O) groups excluding carboxylic acids is 2. The standard InChI is InChI=1S/C21H21ClN2O6S3/c1-12(10-32-21(28)14-7-8-15(22)17(9-14)33(23,29)30)18(25)24-16(20(26)27)11-31-19(24)13-5-3-2-4-6-13/h2-9,12,16,19H,10-11H2,1H3,(H,26,27)(H2,23,29,30). The topological polar surface area (TPSA) is 135 Å². The first-order chi connectivity index (χ1) is 15.5. The van der Waals surface area contributed by atoms with Crippen LogP contribution >= 0.6 is 35.1 Å². The van der Waals surface area contributed by atoms with Crippen LogP contribution in [0.1, 0.15) is 28.2 Å². The molecule has 0 bridgehead atoms. The predicted molar refractivity (Wildman–Crippen MR) is 129 cm³/mol. The van der Waals surface area contributed by atoms with Gasteiger partial charge in [0.15, 0.2) is 0 Å². The van der Waals surface area contributed by atoms with Crippen molar-refractivity contribution in [1.29, 1.82) is 0 Å². The van der Waals surface area contributed by atoms with E-state index in [1.807, 2.05) is 30.3 Å². The van der Waals surface area contributed by atoms with E-state index in [0.717, 1.165) is 23.4 Å². The van der Waals surface area contributed by atoms with Crippen LogP contribution in [0, 0.1) is 5.92 Å². The number of carboxylic acid groups (broad SMARTS) is 1. The lowest BCUT2D eigenvalue weighted by molar-refractivity contribution is -0.150. The molecule has 0 radical (unpaired) electrons. The molecule has 1 aliphatic heterocycles. The minimum atomic E-state index is -4.10. The molecule has 3 unspecified atom stereocenters. The molecule has 1 heterocycles. The molecule has 1 aliphatic rings. The van der Waals surface area contributed by atoms with Crippen molar-refractivity contribution in [3.05, 3.63) is 64.7 Å². The van der Waals surface area contributed by atoms with Crippen LogP contribution in [0.3, 0.4) is 0 Å². The number of aliphatic carboxylic acids is 1. The number of hydrogen-bond acceptors (Lipinski definition) is 7. The number of rotatable bonds is 7. The third-order valence-electron chi connectivity index (χ3n) is 4.98. The summed E-state index contributed by atoms with van der Waals surface area (Å²) in [6.45, 7) is 1.63. The first-order valence-corrected chi connectivity index (χ1v) is 13.7. The van der Waals surface area contributed by atoms with Gasteiger partial charge in [-0.1, -0.05) is 60.6 Å². The summed E-state index contributed by atoms with van der Waals surface area (Å²) in [5.74, 6) is -1.76. The molecule has 33 heavy (non-hydrogen) atoms. The van der Waals surface area contributed by atoms with Crippen LogP contribution in [0.4, 0.5) is 0 Å². The summed E-state index contributed by atoms with van der Waals surface area (Å²) in [5, 5.41) is 13.8. The van der Waals surface area contributed by atoms with Crippen LogP contribution in [0.2, 0.25) is 5.02 Å². The van der Waals surface area contributed by atoms with Crippen molar-refractivity contribution in [3.8, 4) is 0 Å². The van der Waals surface area contributed by atoms with Gasteiger partial charge in [0.05, 0.1) is 5.02 Å². The highest BCUT2D eigenvalue weighted by molar-refractivity contribution is 8.14. The summed E-state index contributed by atoms with van der Waals surface area (Å²) >= 11 is 8.07. The molecule has 2 aromatic rings. The van der Waals surface area contributed by atoms with E-state index in [2.05, 4.69) is 0 Å². The lowest BCUT2D eigenvalue weighted by Crippen LogP contribution is -2.45. The lowest BCUT2D eigenvalue weighted by Gasteiger charge is -2.30. The van der Waals surface area contributed by atoms with Crippen molar-refractivity contribution in [2.45, 2.75) is 23.2 Å². The number of thioether (sulfide) groups is 2. The van der Waals surface area contributed by atoms with Gasteiger partial charge in [-0.15, -0.1) is 11.8 Å². The Morgan fingerprint density at radius 2 is 1.91 bits per heavy atom. The molecular formula is C21H21ClN2O6S3. The van der Waals surface area contributed by atoms with Crippen molar-refractivity contribution < 1.29 is 27.9 Å². The number of primary sulfonamides is 1. The predicted octanol–water partition coefficient (Wildman–Crippen LogP) is 3.22. The Labute approximate surface area is 204 Å². The zero-order chi connectivity index (χ0) is 24.3. The maximum absolute atomic E-state index is 13.2. The number of benzene rings is 2. The molecule has 1 amide bonds. The fourth-order valence-electron chi connectivity index (χ4n) is 3.30. The number of hydrogen-bond donors (Lipinski definition) is 2. The number of carboxylic acids is 1. The fraction of sp³-hybridized carbons (Fsp3) is 0.286. The van der Waals surface area contributed by atoms with Gasteiger partial charge in [-0.3, -0.25) is 9.59 Å². The van der Waals surface area contributed by atoms with Crippen LogP contribution in [0.15, 0.2) is 53.4 Å². The Morgan fingerprint density at radius 1 is 1.24 bits per heavy atom. The molecule has 8 nitrogen and oxygen atoms in total. The van der Waals surface area contributed by atoms with Crippen molar-refractivity contribution >= 4 is 62.1 Å². The summed E-state index contributed by atoms with van der Waals surface area (Å²) in [6, 6.07) is 12.0. The van der Waals surface area contributed by atoms with Crippen molar-refractivity contribution in [1.82, 2.24) is 4.90 Å². The highest BCUT2D eigenvalue weighted by Gasteiger charge is 2.43. The summed E-state index contributed by atoms with van der Waals surface area (Å²) in [7, 11) is -4.10. The molecule has 12 heteroatoms. The van der Waals surface area contributed by atoms with Crippen LogP contribution in [-0.4, -0.2) is 53.0 Å². The fourth-order valence-corrected chi connectivity index (χ4v) is 6.64. The van der Waals surface area contributed by atoms with E-state index < -0.39 is 38.4 Å². The first-order valence-electron chi connectivity index (χ1n) is 9.71. The van der Waals surface area contributed by atoms with E-state index in [-0.39, 0.29) is 32.9 Å². The average Bonchev–Trinajstić information content (AvgIpc) is 3.22. The van der Waals surface area contributed by atoms with E-state index >= 15 is 0 Å². The summed E-state index contributed by atoms with van der Waals surface area (Å²) in [6.07, 6.45) is 0. The molecule has 1 saturated heterocycles. The monoisotopic (exact) mass is 528 g/mol. The molecule has 1 fully saturated rings. The average molecular weight is 529 g/mol. The van der Waals surface area contributed by atoms with Gasteiger partial charge in [0.1, 0.15) is 16.3 Å². The summed E-state index contributed by atoms with van der Waals surface area (Å²) in [5.41, 5.74) is 0.905. The second-order valence-electron chi connectivity index (χ2n) is 7.39. The number of sulfonamides is 1. The molecule has 2 aromatic carbocycles. The zero-order valence-electron chi connectivity index (χ0n) is 17.4. The van der Waals surface area contributed by atoms with E-state index in [0.29, 0.717) is 0 Å². The lowest BCUT2D eigenvalue weighted by atomic mass is 10.1. The minimum absolute atomic E-state index is 0.0791. The van der Waals surface area contributed by atoms with Gasteiger partial charge in [-0.05, 0) is 23.8 Å². The van der Waals surface area contributed by atoms with Crippen LogP contribution < -0.4 is 5.14 Å². The summed E-state index contributed by atoms with van der Waals surface area (Å²) in [4.78, 5) is 38.6. The van der Waals surface area contributed by atoms with Gasteiger partial charge in [-0.25, -0.2) is 18.4 Å². The van der Waals surface area contributed by atoms with Gasteiger partial charge >= 0.3 is 5.97 Å². The number of amides is 1. The Balaban J connectivity index is 1.74. The second kappa shape index (κ2) is 10.5. The Morgan fingerprint density at radius 3 is 2.52 bits per heavy atom. The first kappa shape index (κ1) is 25.6. The van der Waals surface area contributed by atoms with E-state index in [1.165, 1.54) is 28.8 Å². The van der Waals surface area contributed by atoms with Gasteiger partial charge in [0, 0.05) is 23.0 Å². The smallest absolute Gasteiger partial charge is 0.327 e. The molecule has 3 rings (SSSR count). The third-order valence-corrected chi connectivity index (χ3v) is 8.86. The van der Waals surface area contributed by atoms with E-state index in [4.69, 9.17) is 16.7 Å². The number of halogens is 1. The molecule has 3 N–H and O–H groups in total.